The zero-order chi connectivity index (χ0) is 20.2. The number of methoxy groups -OCH3 is 1. The number of nitriles is 1. The molecule has 0 saturated heterocycles. The molecule has 29 heavy (non-hydrogen) atoms. The Morgan fingerprint density at radius 3 is 2.86 bits per heavy atom. The van der Waals surface area contributed by atoms with Crippen molar-refractivity contribution in [3.63, 3.8) is 0 Å². The standard InChI is InChI=1S/C22H19N3O3S/c1-27-9-8-21-24-18(14-29-21)17-6-7-20-19(10-17)25(22(26)13-28-20)12-16-4-2-15(11-23)3-5-16/h2-7,10,14H,8-9,12-13H2,1H3. The van der Waals surface area contributed by atoms with Crippen LogP contribution in [-0.4, -0.2) is 31.2 Å². The summed E-state index contributed by atoms with van der Waals surface area (Å²) < 4.78 is 10.7. The van der Waals surface area contributed by atoms with E-state index in [0.717, 1.165) is 33.9 Å². The quantitative estimate of drug-likeness (QED) is 0.624. The molecule has 1 aliphatic heterocycles. The zero-order valence-electron chi connectivity index (χ0n) is 15.9. The molecule has 7 heteroatoms. The number of anilines is 1. The molecule has 0 saturated carbocycles. The van der Waals surface area contributed by atoms with Crippen LogP contribution in [0.1, 0.15) is 16.1 Å². The number of hydrogen-bond acceptors (Lipinski definition) is 6. The van der Waals surface area contributed by atoms with Crippen molar-refractivity contribution in [1.82, 2.24) is 4.98 Å². The summed E-state index contributed by atoms with van der Waals surface area (Å²) in [6.07, 6.45) is 0.776. The van der Waals surface area contributed by atoms with Gasteiger partial charge in [0, 0.05) is 24.5 Å². The molecule has 0 fully saturated rings. The topological polar surface area (TPSA) is 75.5 Å². The first-order valence-corrected chi connectivity index (χ1v) is 10.1. The molecule has 3 aromatic rings. The smallest absolute Gasteiger partial charge is 0.265 e. The molecule has 1 aliphatic rings. The summed E-state index contributed by atoms with van der Waals surface area (Å²) in [4.78, 5) is 19.0. The van der Waals surface area contributed by atoms with E-state index >= 15 is 0 Å². The number of amides is 1. The molecule has 0 unspecified atom stereocenters. The van der Waals surface area contributed by atoms with Crippen LogP contribution in [0.25, 0.3) is 11.3 Å². The normalized spacial score (nSPS) is 13.0. The van der Waals surface area contributed by atoms with E-state index in [9.17, 15) is 4.79 Å². The van der Waals surface area contributed by atoms with Gasteiger partial charge in [-0.25, -0.2) is 4.98 Å². The highest BCUT2D eigenvalue weighted by Crippen LogP contribution is 2.37. The number of hydrogen-bond donors (Lipinski definition) is 0. The maximum absolute atomic E-state index is 12.6. The first kappa shape index (κ1) is 19.1. The van der Waals surface area contributed by atoms with Gasteiger partial charge in [-0.05, 0) is 35.9 Å². The lowest BCUT2D eigenvalue weighted by atomic mass is 10.1. The predicted octanol–water partition coefficient (Wildman–Crippen LogP) is 3.80. The number of carbonyl (C=O) groups excluding carboxylic acids is 1. The fourth-order valence-electron chi connectivity index (χ4n) is 3.15. The molecule has 0 spiro atoms. The van der Waals surface area contributed by atoms with Crippen molar-refractivity contribution in [3.05, 3.63) is 64.0 Å². The fourth-order valence-corrected chi connectivity index (χ4v) is 3.94. The summed E-state index contributed by atoms with van der Waals surface area (Å²) in [5.41, 5.74) is 4.09. The first-order chi connectivity index (χ1) is 14.2. The summed E-state index contributed by atoms with van der Waals surface area (Å²) in [6, 6.07) is 15.2. The van der Waals surface area contributed by atoms with E-state index in [0.29, 0.717) is 24.5 Å². The van der Waals surface area contributed by atoms with Crippen LogP contribution >= 0.6 is 11.3 Å². The number of carbonyl (C=O) groups is 1. The van der Waals surface area contributed by atoms with Crippen LogP contribution in [0.15, 0.2) is 47.8 Å². The Morgan fingerprint density at radius 2 is 2.10 bits per heavy atom. The predicted molar refractivity (Wildman–Crippen MR) is 111 cm³/mol. The highest BCUT2D eigenvalue weighted by atomic mass is 32.1. The number of benzene rings is 2. The van der Waals surface area contributed by atoms with Gasteiger partial charge in [-0.3, -0.25) is 4.79 Å². The van der Waals surface area contributed by atoms with Crippen molar-refractivity contribution < 1.29 is 14.3 Å². The van der Waals surface area contributed by atoms with Crippen molar-refractivity contribution >= 4 is 22.9 Å². The van der Waals surface area contributed by atoms with Crippen molar-refractivity contribution in [2.45, 2.75) is 13.0 Å². The Morgan fingerprint density at radius 1 is 1.28 bits per heavy atom. The van der Waals surface area contributed by atoms with E-state index in [4.69, 9.17) is 14.7 Å². The third kappa shape index (κ3) is 4.14. The Labute approximate surface area is 172 Å². The minimum absolute atomic E-state index is 0.0144. The molecular formula is C22H19N3O3S. The van der Waals surface area contributed by atoms with Gasteiger partial charge in [0.25, 0.3) is 5.91 Å². The second-order valence-corrected chi connectivity index (χ2v) is 7.57. The molecule has 2 aromatic carbocycles. The lowest BCUT2D eigenvalue weighted by Gasteiger charge is -2.30. The van der Waals surface area contributed by atoms with Crippen LogP contribution in [0.2, 0.25) is 0 Å². The zero-order valence-corrected chi connectivity index (χ0v) is 16.7. The second-order valence-electron chi connectivity index (χ2n) is 6.63. The SMILES string of the molecule is COCCc1nc(-c2ccc3c(c2)N(Cc2ccc(C#N)cc2)C(=O)CO3)cs1. The largest absolute Gasteiger partial charge is 0.482 e. The van der Waals surface area contributed by atoms with Crippen LogP contribution in [0.4, 0.5) is 5.69 Å². The Balaban J connectivity index is 1.62. The average molecular weight is 405 g/mol. The van der Waals surface area contributed by atoms with Gasteiger partial charge in [-0.2, -0.15) is 5.26 Å². The van der Waals surface area contributed by atoms with E-state index in [1.807, 2.05) is 35.7 Å². The number of thiazole rings is 1. The first-order valence-electron chi connectivity index (χ1n) is 9.18. The van der Waals surface area contributed by atoms with Crippen LogP contribution in [0.3, 0.4) is 0 Å². The van der Waals surface area contributed by atoms with E-state index in [1.165, 1.54) is 0 Å². The maximum Gasteiger partial charge on any atom is 0.265 e. The summed E-state index contributed by atoms with van der Waals surface area (Å²) in [5, 5.41) is 12.0. The molecule has 0 bridgehead atoms. The molecule has 0 N–H and O–H groups in total. The summed E-state index contributed by atoms with van der Waals surface area (Å²) >= 11 is 1.60. The molecule has 1 aromatic heterocycles. The number of rotatable bonds is 6. The van der Waals surface area contributed by atoms with Crippen LogP contribution in [0, 0.1) is 11.3 Å². The van der Waals surface area contributed by atoms with Gasteiger partial charge in [0.15, 0.2) is 6.61 Å². The van der Waals surface area contributed by atoms with E-state index < -0.39 is 0 Å². The number of aromatic nitrogens is 1. The minimum Gasteiger partial charge on any atom is -0.482 e. The molecule has 146 valence electrons. The number of ether oxygens (including phenoxy) is 2. The Bertz CT molecular complexity index is 1070. The maximum atomic E-state index is 12.6. The van der Waals surface area contributed by atoms with E-state index in [1.54, 1.807) is 35.5 Å². The lowest BCUT2D eigenvalue weighted by molar-refractivity contribution is -0.121. The van der Waals surface area contributed by atoms with Crippen molar-refractivity contribution in [2.75, 3.05) is 25.2 Å². The third-order valence-electron chi connectivity index (χ3n) is 4.69. The average Bonchev–Trinajstić information content (AvgIpc) is 3.23. The minimum atomic E-state index is -0.0990. The molecule has 1 amide bonds. The number of nitrogens with zero attached hydrogens (tertiary/aromatic N) is 3. The fraction of sp³-hybridized carbons (Fsp3) is 0.227. The van der Waals surface area contributed by atoms with Crippen molar-refractivity contribution in [1.29, 1.82) is 5.26 Å². The van der Waals surface area contributed by atoms with Gasteiger partial charge >= 0.3 is 0 Å². The summed E-state index contributed by atoms with van der Waals surface area (Å²) in [7, 11) is 1.68. The monoisotopic (exact) mass is 405 g/mol. The van der Waals surface area contributed by atoms with Crippen LogP contribution in [-0.2, 0) is 22.5 Å². The van der Waals surface area contributed by atoms with Gasteiger partial charge in [0.1, 0.15) is 5.75 Å². The number of fused-ring (bicyclic) bond motifs is 1. The van der Waals surface area contributed by atoms with Gasteiger partial charge in [-0.15, -0.1) is 11.3 Å². The van der Waals surface area contributed by atoms with Gasteiger partial charge in [0.05, 0.1) is 41.2 Å². The van der Waals surface area contributed by atoms with Crippen molar-refractivity contribution in [3.8, 4) is 23.1 Å². The van der Waals surface area contributed by atoms with E-state index in [-0.39, 0.29) is 12.5 Å². The van der Waals surface area contributed by atoms with Crippen LogP contribution in [0.5, 0.6) is 5.75 Å². The van der Waals surface area contributed by atoms with Crippen molar-refractivity contribution in [2.24, 2.45) is 0 Å². The Kier molecular flexibility index (Phi) is 5.56. The summed E-state index contributed by atoms with van der Waals surface area (Å²) in [6.45, 7) is 1.07. The molecule has 6 nitrogen and oxygen atoms in total. The molecular weight excluding hydrogens is 386 g/mol. The highest BCUT2D eigenvalue weighted by Gasteiger charge is 2.26. The van der Waals surface area contributed by atoms with Gasteiger partial charge in [0.2, 0.25) is 0 Å². The van der Waals surface area contributed by atoms with Gasteiger partial charge < -0.3 is 14.4 Å². The molecule has 0 atom stereocenters. The third-order valence-corrected chi connectivity index (χ3v) is 5.60. The van der Waals surface area contributed by atoms with E-state index in [2.05, 4.69) is 11.1 Å². The second kappa shape index (κ2) is 8.43. The van der Waals surface area contributed by atoms with Crippen LogP contribution < -0.4 is 9.64 Å². The molecule has 0 aliphatic carbocycles. The van der Waals surface area contributed by atoms with Gasteiger partial charge in [-0.1, -0.05) is 12.1 Å². The molecule has 2 heterocycles. The highest BCUT2D eigenvalue weighted by molar-refractivity contribution is 7.09. The lowest BCUT2D eigenvalue weighted by Crippen LogP contribution is -2.38. The molecule has 0 radical (unpaired) electrons. The Hall–Kier alpha value is -3.21. The molecule has 4 rings (SSSR count). The summed E-state index contributed by atoms with van der Waals surface area (Å²) in [5.74, 6) is 0.579.